The summed E-state index contributed by atoms with van der Waals surface area (Å²) in [7, 11) is 0. The van der Waals surface area contributed by atoms with Crippen molar-refractivity contribution in [3.05, 3.63) is 35.7 Å². The van der Waals surface area contributed by atoms with Crippen molar-refractivity contribution >= 4 is 23.5 Å². The van der Waals surface area contributed by atoms with Crippen LogP contribution in [0, 0.1) is 6.92 Å². The molecule has 0 aliphatic heterocycles. The van der Waals surface area contributed by atoms with Crippen molar-refractivity contribution in [2.24, 2.45) is 0 Å². The second-order valence-corrected chi connectivity index (χ2v) is 8.64. The maximum Gasteiger partial charge on any atom is 0.416 e. The average Bonchev–Trinajstić information content (AvgIpc) is 2.99. The van der Waals surface area contributed by atoms with E-state index in [-0.39, 0.29) is 0 Å². The zero-order valence-corrected chi connectivity index (χ0v) is 16.3. The number of rotatable bonds is 6. The number of nitrogens with zero attached hydrogens (tertiary/aromatic N) is 3. The molecule has 3 rings (SSSR count). The van der Waals surface area contributed by atoms with E-state index >= 15 is 0 Å². The molecule has 0 unspecified atom stereocenters. The molecule has 0 spiro atoms. The molecule has 142 valence electrons. The first-order chi connectivity index (χ1) is 12.4. The summed E-state index contributed by atoms with van der Waals surface area (Å²) >= 11 is 3.08. The van der Waals surface area contributed by atoms with Gasteiger partial charge in [-0.1, -0.05) is 37.1 Å². The number of benzene rings is 1. The Labute approximate surface area is 160 Å². The number of halogens is 3. The first-order valence-electron chi connectivity index (χ1n) is 8.79. The number of hydrogen-bond acceptors (Lipinski definition) is 4. The molecule has 2 aromatic rings. The van der Waals surface area contributed by atoms with Gasteiger partial charge in [0.15, 0.2) is 5.16 Å². The normalized spacial score (nSPS) is 16.2. The molecule has 1 heterocycles. The van der Waals surface area contributed by atoms with Crippen LogP contribution >= 0.6 is 23.5 Å². The summed E-state index contributed by atoms with van der Waals surface area (Å²) < 4.78 is 40.6. The van der Waals surface area contributed by atoms with E-state index in [4.69, 9.17) is 0 Å². The van der Waals surface area contributed by atoms with Gasteiger partial charge in [0, 0.05) is 22.4 Å². The second-order valence-electron chi connectivity index (χ2n) is 6.41. The highest BCUT2D eigenvalue weighted by Gasteiger charge is 2.30. The summed E-state index contributed by atoms with van der Waals surface area (Å²) in [5.74, 6) is 2.46. The van der Waals surface area contributed by atoms with Crippen LogP contribution in [0.4, 0.5) is 13.2 Å². The molecule has 0 radical (unpaired) electrons. The fourth-order valence-electron chi connectivity index (χ4n) is 3.26. The van der Waals surface area contributed by atoms with Crippen LogP contribution in [0.25, 0.3) is 0 Å². The molecule has 1 aromatic carbocycles. The second kappa shape index (κ2) is 8.69. The van der Waals surface area contributed by atoms with Gasteiger partial charge in [-0.05, 0) is 38.0 Å². The van der Waals surface area contributed by atoms with Crippen LogP contribution in [-0.4, -0.2) is 26.3 Å². The lowest BCUT2D eigenvalue weighted by molar-refractivity contribution is -0.137. The summed E-state index contributed by atoms with van der Waals surface area (Å²) in [5, 5.41) is 9.46. The molecule has 0 N–H and O–H groups in total. The van der Waals surface area contributed by atoms with Gasteiger partial charge in [-0.15, -0.1) is 22.0 Å². The predicted molar refractivity (Wildman–Crippen MR) is 99.8 cm³/mol. The van der Waals surface area contributed by atoms with Gasteiger partial charge in [-0.25, -0.2) is 0 Å². The molecule has 1 aromatic heterocycles. The van der Waals surface area contributed by atoms with E-state index in [1.807, 2.05) is 6.92 Å². The van der Waals surface area contributed by atoms with Crippen LogP contribution in [0.1, 0.15) is 49.5 Å². The Morgan fingerprint density at radius 1 is 1.08 bits per heavy atom. The third kappa shape index (κ3) is 4.97. The zero-order valence-electron chi connectivity index (χ0n) is 14.6. The first-order valence-corrected chi connectivity index (χ1v) is 10.8. The molecule has 26 heavy (non-hydrogen) atoms. The molecule has 0 atom stereocenters. The minimum absolute atomic E-state index is 0.484. The van der Waals surface area contributed by atoms with Gasteiger partial charge in [0.1, 0.15) is 5.82 Å². The topological polar surface area (TPSA) is 30.7 Å². The Morgan fingerprint density at radius 2 is 1.81 bits per heavy atom. The first kappa shape index (κ1) is 19.6. The van der Waals surface area contributed by atoms with Crippen LogP contribution in [0.3, 0.4) is 0 Å². The molecule has 8 heteroatoms. The molecule has 3 nitrogen and oxygen atoms in total. The maximum atomic E-state index is 12.8. The van der Waals surface area contributed by atoms with Crippen molar-refractivity contribution in [3.63, 3.8) is 0 Å². The third-order valence-corrected chi connectivity index (χ3v) is 6.72. The van der Waals surface area contributed by atoms with Gasteiger partial charge in [-0.2, -0.15) is 13.2 Å². The van der Waals surface area contributed by atoms with Gasteiger partial charge >= 0.3 is 6.18 Å². The number of aryl methyl sites for hydroxylation is 1. The zero-order chi connectivity index (χ0) is 18.6. The van der Waals surface area contributed by atoms with Crippen molar-refractivity contribution in [3.8, 4) is 0 Å². The third-order valence-electron chi connectivity index (χ3n) is 4.52. The molecular weight excluding hydrogens is 379 g/mol. The Balaban J connectivity index is 1.54. The average molecular weight is 402 g/mol. The lowest BCUT2D eigenvalue weighted by atomic mass is 9.95. The molecule has 1 aliphatic carbocycles. The number of aromatic nitrogens is 3. The fourth-order valence-corrected chi connectivity index (χ4v) is 5.25. The number of alkyl halides is 3. The number of thioether (sulfide) groups is 2. The van der Waals surface area contributed by atoms with Crippen LogP contribution in [0.5, 0.6) is 0 Å². The summed E-state index contributed by atoms with van der Waals surface area (Å²) in [5.41, 5.74) is -0.595. The summed E-state index contributed by atoms with van der Waals surface area (Å²) in [6.07, 6.45) is 1.85. The standard InChI is InChI=1S/C18H22F3N3S2/c1-13-22-23-17(24(13)15-7-3-2-4-8-15)26-11-10-25-16-9-5-6-14(12-16)18(19,20)21/h5-6,9,12,15H,2-4,7-8,10-11H2,1H3. The van der Waals surface area contributed by atoms with E-state index in [1.54, 1.807) is 17.8 Å². The number of hydrogen-bond donors (Lipinski definition) is 0. The summed E-state index contributed by atoms with van der Waals surface area (Å²) in [6.45, 7) is 1.99. The van der Waals surface area contributed by atoms with Crippen molar-refractivity contribution < 1.29 is 13.2 Å². The Bertz CT molecular complexity index is 725. The molecule has 1 aliphatic rings. The van der Waals surface area contributed by atoms with Gasteiger partial charge in [0.25, 0.3) is 0 Å². The summed E-state index contributed by atoms with van der Waals surface area (Å²) in [6, 6.07) is 5.98. The SMILES string of the molecule is Cc1nnc(SCCSc2cccc(C(F)(F)F)c2)n1C1CCCCC1. The molecule has 0 saturated heterocycles. The minimum Gasteiger partial charge on any atom is -0.303 e. The van der Waals surface area contributed by atoms with Crippen LogP contribution < -0.4 is 0 Å². The lowest BCUT2D eigenvalue weighted by Crippen LogP contribution is -2.15. The molecule has 0 bridgehead atoms. The van der Waals surface area contributed by atoms with Crippen LogP contribution in [0.15, 0.2) is 34.3 Å². The Hall–Kier alpha value is -1.15. The largest absolute Gasteiger partial charge is 0.416 e. The minimum atomic E-state index is -4.29. The highest BCUT2D eigenvalue weighted by Crippen LogP contribution is 2.34. The van der Waals surface area contributed by atoms with Gasteiger partial charge < -0.3 is 4.57 Å². The quantitative estimate of drug-likeness (QED) is 0.439. The predicted octanol–water partition coefficient (Wildman–Crippen LogP) is 5.99. The van der Waals surface area contributed by atoms with Gasteiger partial charge in [0.2, 0.25) is 0 Å². The van der Waals surface area contributed by atoms with Crippen molar-refractivity contribution in [2.45, 2.75) is 61.3 Å². The van der Waals surface area contributed by atoms with Crippen molar-refractivity contribution in [1.82, 2.24) is 14.8 Å². The molecular formula is C18H22F3N3S2. The van der Waals surface area contributed by atoms with Gasteiger partial charge in [0.05, 0.1) is 5.56 Å². The van der Waals surface area contributed by atoms with Crippen molar-refractivity contribution in [2.75, 3.05) is 11.5 Å². The van der Waals surface area contributed by atoms with E-state index in [0.29, 0.717) is 10.9 Å². The summed E-state index contributed by atoms with van der Waals surface area (Å²) in [4.78, 5) is 0.644. The lowest BCUT2D eigenvalue weighted by Gasteiger charge is -2.24. The Kier molecular flexibility index (Phi) is 6.55. The van der Waals surface area contributed by atoms with E-state index in [1.165, 1.54) is 56.0 Å². The highest BCUT2D eigenvalue weighted by molar-refractivity contribution is 8.02. The van der Waals surface area contributed by atoms with Crippen LogP contribution in [0.2, 0.25) is 0 Å². The molecule has 1 fully saturated rings. The van der Waals surface area contributed by atoms with E-state index in [2.05, 4.69) is 14.8 Å². The van der Waals surface area contributed by atoms with Gasteiger partial charge in [-0.3, -0.25) is 0 Å². The highest BCUT2D eigenvalue weighted by atomic mass is 32.2. The fraction of sp³-hybridized carbons (Fsp3) is 0.556. The molecule has 0 amide bonds. The van der Waals surface area contributed by atoms with E-state index in [0.717, 1.165) is 28.6 Å². The van der Waals surface area contributed by atoms with E-state index in [9.17, 15) is 13.2 Å². The van der Waals surface area contributed by atoms with E-state index < -0.39 is 11.7 Å². The monoisotopic (exact) mass is 401 g/mol. The maximum absolute atomic E-state index is 12.8. The molecule has 1 saturated carbocycles. The Morgan fingerprint density at radius 3 is 2.54 bits per heavy atom. The van der Waals surface area contributed by atoms with Crippen LogP contribution in [-0.2, 0) is 6.18 Å². The smallest absolute Gasteiger partial charge is 0.303 e. The van der Waals surface area contributed by atoms with Crippen molar-refractivity contribution in [1.29, 1.82) is 0 Å².